The van der Waals surface area contributed by atoms with Gasteiger partial charge in [-0.15, -0.1) is 0 Å². The first-order valence-corrected chi connectivity index (χ1v) is 7.45. The summed E-state index contributed by atoms with van der Waals surface area (Å²) in [5.41, 5.74) is 10.6. The summed E-state index contributed by atoms with van der Waals surface area (Å²) in [4.78, 5) is 0. The SMILES string of the molecule is C/C(=C\CN)OCNc1ccc(C2=CCNCC2)c(C)c1. The minimum atomic E-state index is 0.452. The Bertz CT molecular complexity index is 535. The van der Waals surface area contributed by atoms with E-state index in [9.17, 15) is 0 Å². The molecule has 0 bridgehead atoms. The van der Waals surface area contributed by atoms with E-state index in [0.29, 0.717) is 13.3 Å². The van der Waals surface area contributed by atoms with Crippen LogP contribution in [0.25, 0.3) is 5.57 Å². The number of nitrogens with two attached hydrogens (primary N) is 1. The number of hydrogen-bond donors (Lipinski definition) is 3. The highest BCUT2D eigenvalue weighted by Gasteiger charge is 2.08. The molecule has 0 aliphatic carbocycles. The molecule has 0 radical (unpaired) electrons. The molecule has 0 amide bonds. The van der Waals surface area contributed by atoms with E-state index in [2.05, 4.69) is 41.8 Å². The van der Waals surface area contributed by atoms with Crippen molar-refractivity contribution in [2.24, 2.45) is 5.73 Å². The Morgan fingerprint density at radius 3 is 3.00 bits per heavy atom. The van der Waals surface area contributed by atoms with Gasteiger partial charge in [-0.2, -0.15) is 0 Å². The van der Waals surface area contributed by atoms with Crippen molar-refractivity contribution in [2.75, 3.05) is 31.7 Å². The first-order valence-electron chi connectivity index (χ1n) is 7.45. The number of hydrogen-bond acceptors (Lipinski definition) is 4. The van der Waals surface area contributed by atoms with Gasteiger partial charge in [0.1, 0.15) is 0 Å². The molecule has 2 rings (SSSR count). The Kier molecular flexibility index (Phi) is 5.84. The van der Waals surface area contributed by atoms with Crippen LogP contribution >= 0.6 is 0 Å². The van der Waals surface area contributed by atoms with Gasteiger partial charge >= 0.3 is 0 Å². The molecule has 114 valence electrons. The molecule has 0 aromatic heterocycles. The van der Waals surface area contributed by atoms with Crippen LogP contribution in [-0.2, 0) is 4.74 Å². The number of anilines is 1. The zero-order chi connectivity index (χ0) is 15.1. The second-order valence-corrected chi connectivity index (χ2v) is 5.23. The van der Waals surface area contributed by atoms with Crippen LogP contribution in [0.2, 0.25) is 0 Å². The lowest BCUT2D eigenvalue weighted by Crippen LogP contribution is -2.20. The lowest BCUT2D eigenvalue weighted by atomic mass is 9.96. The molecule has 1 heterocycles. The summed E-state index contributed by atoms with van der Waals surface area (Å²) in [7, 11) is 0. The monoisotopic (exact) mass is 287 g/mol. The topological polar surface area (TPSA) is 59.3 Å². The average Bonchev–Trinajstić information content (AvgIpc) is 2.48. The summed E-state index contributed by atoms with van der Waals surface area (Å²) in [6.45, 7) is 7.05. The Morgan fingerprint density at radius 2 is 2.33 bits per heavy atom. The molecule has 4 heteroatoms. The van der Waals surface area contributed by atoms with Crippen LogP contribution in [-0.4, -0.2) is 26.4 Å². The maximum absolute atomic E-state index is 5.52. The number of nitrogens with one attached hydrogen (secondary N) is 2. The van der Waals surface area contributed by atoms with Crippen LogP contribution in [0.5, 0.6) is 0 Å². The summed E-state index contributed by atoms with van der Waals surface area (Å²) >= 11 is 0. The van der Waals surface area contributed by atoms with Crippen LogP contribution in [0.3, 0.4) is 0 Å². The highest BCUT2D eigenvalue weighted by Crippen LogP contribution is 2.25. The fourth-order valence-electron chi connectivity index (χ4n) is 2.46. The van der Waals surface area contributed by atoms with Gasteiger partial charge in [-0.3, -0.25) is 0 Å². The maximum atomic E-state index is 5.52. The van der Waals surface area contributed by atoms with Crippen molar-refractivity contribution in [1.82, 2.24) is 5.32 Å². The van der Waals surface area contributed by atoms with E-state index in [1.54, 1.807) is 0 Å². The summed E-state index contributed by atoms with van der Waals surface area (Å²) in [6.07, 6.45) is 5.24. The van der Waals surface area contributed by atoms with Gasteiger partial charge < -0.3 is 21.1 Å². The van der Waals surface area contributed by atoms with Crippen molar-refractivity contribution in [3.63, 3.8) is 0 Å². The van der Waals surface area contributed by atoms with E-state index < -0.39 is 0 Å². The molecule has 0 fully saturated rings. The molecule has 4 nitrogen and oxygen atoms in total. The largest absolute Gasteiger partial charge is 0.478 e. The van der Waals surface area contributed by atoms with Crippen LogP contribution < -0.4 is 16.4 Å². The zero-order valence-electron chi connectivity index (χ0n) is 12.9. The Labute approximate surface area is 127 Å². The van der Waals surface area contributed by atoms with Gasteiger partial charge in [-0.1, -0.05) is 12.1 Å². The fraction of sp³-hybridized carbons (Fsp3) is 0.412. The minimum Gasteiger partial charge on any atom is -0.478 e. The summed E-state index contributed by atoms with van der Waals surface area (Å²) in [5, 5.41) is 6.61. The van der Waals surface area contributed by atoms with Crippen LogP contribution in [0.4, 0.5) is 5.69 Å². The molecular weight excluding hydrogens is 262 g/mol. The molecule has 21 heavy (non-hydrogen) atoms. The van der Waals surface area contributed by atoms with Crippen molar-refractivity contribution >= 4 is 11.3 Å². The quantitative estimate of drug-likeness (QED) is 0.556. The highest BCUT2D eigenvalue weighted by molar-refractivity contribution is 5.71. The Hall–Kier alpha value is -1.78. The molecule has 1 aromatic carbocycles. The molecule has 0 atom stereocenters. The molecule has 1 aliphatic heterocycles. The third-order valence-corrected chi connectivity index (χ3v) is 3.62. The third-order valence-electron chi connectivity index (χ3n) is 3.62. The van der Waals surface area contributed by atoms with Crippen molar-refractivity contribution in [3.8, 4) is 0 Å². The van der Waals surface area contributed by atoms with E-state index in [4.69, 9.17) is 10.5 Å². The summed E-state index contributed by atoms with van der Waals surface area (Å²) in [5.74, 6) is 0.846. The summed E-state index contributed by atoms with van der Waals surface area (Å²) < 4.78 is 5.52. The zero-order valence-corrected chi connectivity index (χ0v) is 12.9. The predicted molar refractivity (Wildman–Crippen MR) is 89.0 cm³/mol. The van der Waals surface area contributed by atoms with E-state index in [-0.39, 0.29) is 0 Å². The highest BCUT2D eigenvalue weighted by atomic mass is 16.5. The second-order valence-electron chi connectivity index (χ2n) is 5.23. The number of rotatable bonds is 6. The predicted octanol–water partition coefficient (Wildman–Crippen LogP) is 2.62. The molecule has 0 unspecified atom stereocenters. The molecule has 0 spiro atoms. The molecule has 1 aromatic rings. The number of benzene rings is 1. The standard InChI is InChI=1S/C17H25N3O/c1-13-11-16(20-12-21-14(2)5-8-18)3-4-17(13)15-6-9-19-10-7-15/h3-6,11,19-20H,7-10,12,18H2,1-2H3/b14-5+. The molecule has 0 saturated heterocycles. The van der Waals surface area contributed by atoms with Crippen molar-refractivity contribution in [3.05, 3.63) is 47.2 Å². The second kappa shape index (κ2) is 7.86. The fourth-order valence-corrected chi connectivity index (χ4v) is 2.46. The van der Waals surface area contributed by atoms with Gasteiger partial charge in [-0.05, 0) is 61.7 Å². The lowest BCUT2D eigenvalue weighted by molar-refractivity contribution is 0.236. The first-order chi connectivity index (χ1) is 10.2. The average molecular weight is 287 g/mol. The van der Waals surface area contributed by atoms with E-state index in [1.165, 1.54) is 16.7 Å². The lowest BCUT2D eigenvalue weighted by Gasteiger charge is -2.17. The Balaban J connectivity index is 1.96. The Morgan fingerprint density at radius 1 is 1.48 bits per heavy atom. The number of ether oxygens (including phenoxy) is 1. The van der Waals surface area contributed by atoms with Gasteiger partial charge in [0, 0.05) is 18.8 Å². The van der Waals surface area contributed by atoms with Gasteiger partial charge in [-0.25, -0.2) is 0 Å². The van der Waals surface area contributed by atoms with Gasteiger partial charge in [0.15, 0.2) is 6.73 Å². The van der Waals surface area contributed by atoms with E-state index in [0.717, 1.165) is 31.0 Å². The van der Waals surface area contributed by atoms with Gasteiger partial charge in [0.05, 0.1) is 5.76 Å². The third kappa shape index (κ3) is 4.62. The smallest absolute Gasteiger partial charge is 0.158 e. The van der Waals surface area contributed by atoms with Gasteiger partial charge in [0.2, 0.25) is 0 Å². The first kappa shape index (κ1) is 15.6. The summed E-state index contributed by atoms with van der Waals surface area (Å²) in [6, 6.07) is 6.47. The minimum absolute atomic E-state index is 0.452. The number of allylic oxidation sites excluding steroid dienone is 1. The molecule has 4 N–H and O–H groups in total. The van der Waals surface area contributed by atoms with Crippen molar-refractivity contribution in [2.45, 2.75) is 20.3 Å². The molecule has 0 saturated carbocycles. The maximum Gasteiger partial charge on any atom is 0.158 e. The van der Waals surface area contributed by atoms with E-state index >= 15 is 0 Å². The normalized spacial score (nSPS) is 15.6. The molecule has 1 aliphatic rings. The van der Waals surface area contributed by atoms with Crippen LogP contribution in [0.1, 0.15) is 24.5 Å². The van der Waals surface area contributed by atoms with Crippen molar-refractivity contribution in [1.29, 1.82) is 0 Å². The van der Waals surface area contributed by atoms with E-state index in [1.807, 2.05) is 13.0 Å². The van der Waals surface area contributed by atoms with Crippen LogP contribution in [0.15, 0.2) is 36.1 Å². The van der Waals surface area contributed by atoms with Crippen LogP contribution in [0, 0.1) is 6.92 Å². The van der Waals surface area contributed by atoms with Crippen molar-refractivity contribution < 1.29 is 4.74 Å². The molecular formula is C17H25N3O. The van der Waals surface area contributed by atoms with Gasteiger partial charge in [0.25, 0.3) is 0 Å². The number of aryl methyl sites for hydroxylation is 1.